The molecule has 0 aliphatic heterocycles. The average molecular weight is 661 g/mol. The monoisotopic (exact) mass is 661 g/mol. The van der Waals surface area contributed by atoms with Gasteiger partial charge in [0.25, 0.3) is 0 Å². The van der Waals surface area contributed by atoms with Gasteiger partial charge in [0.05, 0.1) is 0 Å². The van der Waals surface area contributed by atoms with Crippen LogP contribution in [0.1, 0.15) is 97.3 Å². The van der Waals surface area contributed by atoms with Crippen LogP contribution in [-0.2, 0) is 20.1 Å². The van der Waals surface area contributed by atoms with Crippen LogP contribution < -0.4 is 0 Å². The molecule has 1 radical (unpaired) electrons. The fraction of sp³-hybridized carbons (Fsp3) is 0.353. The quantitative estimate of drug-likeness (QED) is 0.201. The van der Waals surface area contributed by atoms with Gasteiger partial charge in [0.1, 0.15) is 0 Å². The first-order chi connectivity index (χ1) is 17.8. The fourth-order valence-corrected chi connectivity index (χ4v) is 7.20. The number of rotatable bonds is 2. The van der Waals surface area contributed by atoms with E-state index in [-0.39, 0.29) is 20.1 Å². The molecular formula is C34H32IrN2-2. The molecule has 2 fully saturated rings. The fourth-order valence-electron chi connectivity index (χ4n) is 7.20. The third kappa shape index (κ3) is 4.73. The first kappa shape index (κ1) is 24.7. The molecule has 37 heavy (non-hydrogen) atoms. The Bertz CT molecular complexity index is 1240. The number of hydrogen-bond acceptors (Lipinski definition) is 2. The van der Waals surface area contributed by atoms with E-state index in [1.54, 1.807) is 16.7 Å². The van der Waals surface area contributed by atoms with Gasteiger partial charge in [0, 0.05) is 32.5 Å². The first-order valence-corrected chi connectivity index (χ1v) is 13.8. The molecule has 0 atom stereocenters. The molecule has 6 aliphatic carbocycles. The molecule has 2 aromatic carbocycles. The van der Waals surface area contributed by atoms with E-state index in [4.69, 9.17) is 0 Å². The van der Waals surface area contributed by atoms with E-state index in [0.717, 1.165) is 46.2 Å². The molecule has 4 bridgehead atoms. The van der Waals surface area contributed by atoms with Gasteiger partial charge in [-0.05, 0) is 84.9 Å². The molecule has 0 saturated heterocycles. The van der Waals surface area contributed by atoms with Crippen LogP contribution in [0.3, 0.4) is 0 Å². The second-order valence-electron chi connectivity index (χ2n) is 11.0. The number of hydrogen-bond donors (Lipinski definition) is 0. The predicted molar refractivity (Wildman–Crippen MR) is 145 cm³/mol. The molecule has 10 rings (SSSR count). The van der Waals surface area contributed by atoms with Crippen LogP contribution in [0.25, 0.3) is 22.5 Å². The molecule has 6 aliphatic rings. The Morgan fingerprint density at radius 3 is 1.86 bits per heavy atom. The zero-order valence-corrected chi connectivity index (χ0v) is 23.5. The second kappa shape index (κ2) is 10.6. The summed E-state index contributed by atoms with van der Waals surface area (Å²) < 4.78 is 0. The number of aromatic nitrogens is 2. The van der Waals surface area contributed by atoms with Crippen molar-refractivity contribution in [2.24, 2.45) is 0 Å². The molecular weight excluding hydrogens is 629 g/mol. The van der Waals surface area contributed by atoms with Crippen molar-refractivity contribution in [2.75, 3.05) is 0 Å². The zero-order chi connectivity index (χ0) is 23.9. The maximum Gasteiger partial charge on any atom is 0.0198 e. The molecule has 4 aromatic rings. The Hall–Kier alpha value is -2.61. The van der Waals surface area contributed by atoms with E-state index in [1.807, 2.05) is 30.5 Å². The Morgan fingerprint density at radius 1 is 0.568 bits per heavy atom. The third-order valence-corrected chi connectivity index (χ3v) is 9.12. The number of benzene rings is 2. The van der Waals surface area contributed by atoms with Crippen LogP contribution in [0.5, 0.6) is 0 Å². The van der Waals surface area contributed by atoms with Crippen molar-refractivity contribution < 1.29 is 20.1 Å². The summed E-state index contributed by atoms with van der Waals surface area (Å²) in [7, 11) is 0. The first-order valence-electron chi connectivity index (χ1n) is 13.8. The zero-order valence-electron chi connectivity index (χ0n) is 21.1. The Labute approximate surface area is 234 Å². The van der Waals surface area contributed by atoms with Gasteiger partial charge in [-0.3, -0.25) is 0 Å². The minimum absolute atomic E-state index is 0. The van der Waals surface area contributed by atoms with Crippen LogP contribution in [0, 0.1) is 12.1 Å². The number of pyridine rings is 2. The summed E-state index contributed by atoms with van der Waals surface area (Å²) >= 11 is 0. The molecule has 3 heteroatoms. The van der Waals surface area contributed by atoms with Crippen molar-refractivity contribution >= 4 is 0 Å². The van der Waals surface area contributed by atoms with Gasteiger partial charge in [-0.25, -0.2) is 0 Å². The molecule has 2 aromatic heterocycles. The van der Waals surface area contributed by atoms with E-state index in [9.17, 15) is 0 Å². The van der Waals surface area contributed by atoms with Crippen LogP contribution in [0.15, 0.2) is 73.1 Å². The Kier molecular flexibility index (Phi) is 7.10. The number of nitrogens with zero attached hydrogens (tertiary/aromatic N) is 2. The Balaban J connectivity index is 0.000000133. The minimum atomic E-state index is 0. The predicted octanol–water partition coefficient (Wildman–Crippen LogP) is 8.60. The third-order valence-electron chi connectivity index (χ3n) is 9.12. The van der Waals surface area contributed by atoms with E-state index < -0.39 is 0 Å². The normalized spacial score (nSPS) is 24.2. The molecule has 2 saturated carbocycles. The van der Waals surface area contributed by atoms with Crippen molar-refractivity contribution in [3.8, 4) is 22.5 Å². The summed E-state index contributed by atoms with van der Waals surface area (Å²) in [5, 5.41) is 0. The smallest absolute Gasteiger partial charge is 0.0198 e. The van der Waals surface area contributed by atoms with E-state index in [0.29, 0.717) is 0 Å². The molecule has 0 amide bonds. The largest absolute Gasteiger partial charge is 0.305 e. The molecule has 0 N–H and O–H groups in total. The van der Waals surface area contributed by atoms with Crippen molar-refractivity contribution in [3.63, 3.8) is 0 Å². The molecule has 0 spiro atoms. The van der Waals surface area contributed by atoms with Gasteiger partial charge >= 0.3 is 0 Å². The van der Waals surface area contributed by atoms with Gasteiger partial charge in [-0.1, -0.05) is 37.0 Å². The summed E-state index contributed by atoms with van der Waals surface area (Å²) in [4.78, 5) is 9.08. The van der Waals surface area contributed by atoms with Gasteiger partial charge in [-0.2, -0.15) is 0 Å². The van der Waals surface area contributed by atoms with E-state index >= 15 is 0 Å². The second-order valence-corrected chi connectivity index (χ2v) is 11.0. The Morgan fingerprint density at radius 2 is 1.22 bits per heavy atom. The number of fused-ring (bicyclic) bond motifs is 4. The maximum absolute atomic E-state index is 4.65. The van der Waals surface area contributed by atoms with Crippen LogP contribution >= 0.6 is 0 Å². The SMILES string of the molecule is [Ir].[c-]1cc2c(cc1-c1ccccn1)C1CCC2CC1.[c-]1ccccc1-c1cc2c(cn1)C1CCC2CC1. The molecule has 0 unspecified atom stereocenters. The van der Waals surface area contributed by atoms with E-state index in [1.165, 1.54) is 56.9 Å². The van der Waals surface area contributed by atoms with Crippen molar-refractivity contribution in [3.05, 3.63) is 107 Å². The van der Waals surface area contributed by atoms with Gasteiger partial charge in [-0.15, -0.1) is 70.8 Å². The minimum Gasteiger partial charge on any atom is -0.305 e. The topological polar surface area (TPSA) is 25.8 Å². The van der Waals surface area contributed by atoms with Crippen LogP contribution in [0.4, 0.5) is 0 Å². The summed E-state index contributed by atoms with van der Waals surface area (Å²) in [5.41, 5.74) is 10.6. The van der Waals surface area contributed by atoms with Gasteiger partial charge < -0.3 is 9.97 Å². The summed E-state index contributed by atoms with van der Waals surface area (Å²) in [6.07, 6.45) is 15.0. The van der Waals surface area contributed by atoms with Crippen molar-refractivity contribution in [2.45, 2.75) is 75.0 Å². The van der Waals surface area contributed by atoms with Crippen LogP contribution in [-0.4, -0.2) is 9.97 Å². The van der Waals surface area contributed by atoms with Crippen molar-refractivity contribution in [1.82, 2.24) is 9.97 Å². The maximum atomic E-state index is 4.65. The summed E-state index contributed by atoms with van der Waals surface area (Å²) in [6, 6.07) is 27.8. The van der Waals surface area contributed by atoms with Gasteiger partial charge in [0.15, 0.2) is 0 Å². The summed E-state index contributed by atoms with van der Waals surface area (Å²) in [6.45, 7) is 0. The van der Waals surface area contributed by atoms with Crippen LogP contribution in [0.2, 0.25) is 0 Å². The van der Waals surface area contributed by atoms with Crippen molar-refractivity contribution in [1.29, 1.82) is 0 Å². The molecule has 2 heterocycles. The van der Waals surface area contributed by atoms with Gasteiger partial charge in [0.2, 0.25) is 0 Å². The average Bonchev–Trinajstić information content (AvgIpc) is 2.99. The molecule has 189 valence electrons. The molecule has 2 nitrogen and oxygen atoms in total. The summed E-state index contributed by atoms with van der Waals surface area (Å²) in [5.74, 6) is 3.17. The van der Waals surface area contributed by atoms with E-state index in [2.05, 4.69) is 64.7 Å². The standard InChI is InChI=1S/2C17H16N.Ir/c1-2-10-18-17(3-1)14-8-9-15-12-4-6-13(7-5-12)16(15)11-14;1-2-4-14(5-3-1)17-10-15-12-6-8-13(9-7-12)16(15)11-18-17;/h1-3,9-13H,4-7H2;1-4,10-13H,6-9H2;/q2*-1;.